The second-order valence-electron chi connectivity index (χ2n) is 9.44. The summed E-state index contributed by atoms with van der Waals surface area (Å²) >= 11 is 7.17. The third-order valence-corrected chi connectivity index (χ3v) is 7.98. The van der Waals surface area contributed by atoms with Crippen molar-refractivity contribution in [2.45, 2.75) is 26.5 Å². The molecule has 0 amide bonds. The maximum Gasteiger partial charge on any atom is 0.338 e. The van der Waals surface area contributed by atoms with E-state index in [1.807, 2.05) is 12.1 Å². The first-order valence-electron chi connectivity index (χ1n) is 13.2. The molecule has 0 bridgehead atoms. The predicted molar refractivity (Wildman–Crippen MR) is 162 cm³/mol. The number of nitro groups is 1. The van der Waals surface area contributed by atoms with Crippen molar-refractivity contribution in [2.75, 3.05) is 13.7 Å². The molecular formula is C31H26ClN3O7S. The van der Waals surface area contributed by atoms with Crippen LogP contribution in [0.4, 0.5) is 5.69 Å². The molecule has 0 fully saturated rings. The molecule has 0 unspecified atom stereocenters. The van der Waals surface area contributed by atoms with Crippen molar-refractivity contribution in [3.05, 3.63) is 130 Å². The lowest BCUT2D eigenvalue weighted by Crippen LogP contribution is -2.39. The van der Waals surface area contributed by atoms with Gasteiger partial charge in [-0.3, -0.25) is 19.5 Å². The number of methoxy groups -OCH3 is 1. The standard InChI is InChI=1S/C31H26ClN3O7S/c1-4-41-30(37)26-18(2)33-31-34(27(26)20-10-14-23(15-11-20)35(38)39)29(36)25(43-31)16-21-6-5-7-24(40-3)28(21)42-17-19-8-12-22(32)13-9-19/h5-16,27H,4,17H2,1-3H3/b25-16+/t27-/m1/s1. The summed E-state index contributed by atoms with van der Waals surface area (Å²) in [5.74, 6) is 0.313. The van der Waals surface area contributed by atoms with Crippen LogP contribution in [0.5, 0.6) is 11.5 Å². The molecule has 1 aliphatic rings. The predicted octanol–water partition coefficient (Wildman–Crippen LogP) is 4.95. The van der Waals surface area contributed by atoms with Gasteiger partial charge in [0.2, 0.25) is 0 Å². The molecule has 1 aromatic heterocycles. The van der Waals surface area contributed by atoms with Gasteiger partial charge in [-0.1, -0.05) is 47.2 Å². The van der Waals surface area contributed by atoms with E-state index in [0.717, 1.165) is 16.9 Å². The Bertz CT molecular complexity index is 1910. The van der Waals surface area contributed by atoms with Gasteiger partial charge in [0, 0.05) is 22.7 Å². The number of nitro benzene ring substituents is 1. The van der Waals surface area contributed by atoms with E-state index in [2.05, 4.69) is 4.99 Å². The number of carbonyl (C=O) groups excluding carboxylic acids is 1. The van der Waals surface area contributed by atoms with E-state index in [9.17, 15) is 19.7 Å². The molecule has 1 atom stereocenters. The number of para-hydroxylation sites is 1. The van der Waals surface area contributed by atoms with Crippen LogP contribution in [0.25, 0.3) is 6.08 Å². The maximum atomic E-state index is 14.0. The molecule has 220 valence electrons. The van der Waals surface area contributed by atoms with E-state index in [-0.39, 0.29) is 24.5 Å². The summed E-state index contributed by atoms with van der Waals surface area (Å²) in [5.41, 5.74) is 2.07. The lowest BCUT2D eigenvalue weighted by atomic mass is 9.95. The smallest absolute Gasteiger partial charge is 0.338 e. The van der Waals surface area contributed by atoms with Crippen LogP contribution < -0.4 is 24.4 Å². The minimum Gasteiger partial charge on any atom is -0.493 e. The van der Waals surface area contributed by atoms with Crippen molar-refractivity contribution in [2.24, 2.45) is 4.99 Å². The van der Waals surface area contributed by atoms with Crippen molar-refractivity contribution >= 4 is 40.7 Å². The molecule has 10 nitrogen and oxygen atoms in total. The molecular weight excluding hydrogens is 594 g/mol. The van der Waals surface area contributed by atoms with E-state index >= 15 is 0 Å². The average molecular weight is 620 g/mol. The number of non-ortho nitro benzene ring substituents is 1. The first-order chi connectivity index (χ1) is 20.7. The van der Waals surface area contributed by atoms with Crippen LogP contribution in [0.2, 0.25) is 5.02 Å². The summed E-state index contributed by atoms with van der Waals surface area (Å²) in [5, 5.41) is 11.9. The van der Waals surface area contributed by atoms with Gasteiger partial charge in [0.15, 0.2) is 16.3 Å². The van der Waals surface area contributed by atoms with E-state index < -0.39 is 22.5 Å². The number of ether oxygens (including phenoxy) is 3. The lowest BCUT2D eigenvalue weighted by molar-refractivity contribution is -0.384. The Labute approximate surface area is 254 Å². The van der Waals surface area contributed by atoms with Crippen LogP contribution in [-0.2, 0) is 16.1 Å². The summed E-state index contributed by atoms with van der Waals surface area (Å²) in [6.07, 6.45) is 1.69. The molecule has 0 aliphatic carbocycles. The number of aromatic nitrogens is 1. The number of fused-ring (bicyclic) bond motifs is 1. The molecule has 43 heavy (non-hydrogen) atoms. The molecule has 3 aromatic carbocycles. The van der Waals surface area contributed by atoms with Crippen LogP contribution in [-0.4, -0.2) is 29.2 Å². The van der Waals surface area contributed by atoms with Crippen LogP contribution in [0.15, 0.2) is 87.8 Å². The third-order valence-electron chi connectivity index (χ3n) is 6.75. The van der Waals surface area contributed by atoms with Gasteiger partial charge in [-0.2, -0.15) is 0 Å². The van der Waals surface area contributed by atoms with E-state index in [1.54, 1.807) is 50.3 Å². The fraction of sp³-hybridized carbons (Fsp3) is 0.194. The van der Waals surface area contributed by atoms with Crippen LogP contribution in [0.1, 0.15) is 36.6 Å². The van der Waals surface area contributed by atoms with E-state index in [4.69, 9.17) is 25.8 Å². The Hall–Kier alpha value is -4.74. The zero-order valence-corrected chi connectivity index (χ0v) is 25.0. The van der Waals surface area contributed by atoms with Crippen molar-refractivity contribution in [3.63, 3.8) is 0 Å². The van der Waals surface area contributed by atoms with Gasteiger partial charge < -0.3 is 14.2 Å². The number of allylic oxidation sites excluding steroid dienone is 1. The number of thiazole rings is 1. The summed E-state index contributed by atoms with van der Waals surface area (Å²) in [4.78, 5) is 42.8. The normalized spacial score (nSPS) is 14.6. The summed E-state index contributed by atoms with van der Waals surface area (Å²) < 4.78 is 18.8. The van der Waals surface area contributed by atoms with Gasteiger partial charge in [0.1, 0.15) is 6.61 Å². The zero-order valence-electron chi connectivity index (χ0n) is 23.4. The molecule has 0 saturated heterocycles. The third kappa shape index (κ3) is 6.08. The molecule has 12 heteroatoms. The Morgan fingerprint density at radius 1 is 1.14 bits per heavy atom. The van der Waals surface area contributed by atoms with Crippen molar-refractivity contribution in [1.82, 2.24) is 4.57 Å². The topological polar surface area (TPSA) is 122 Å². The number of halogens is 1. The quantitative estimate of drug-likeness (QED) is 0.148. The number of nitrogens with zero attached hydrogens (tertiary/aromatic N) is 3. The largest absolute Gasteiger partial charge is 0.493 e. The van der Waals surface area contributed by atoms with Gasteiger partial charge >= 0.3 is 5.97 Å². The maximum absolute atomic E-state index is 14.0. The van der Waals surface area contributed by atoms with Crippen molar-refractivity contribution in [3.8, 4) is 11.5 Å². The molecule has 0 N–H and O–H groups in total. The lowest BCUT2D eigenvalue weighted by Gasteiger charge is -2.24. The summed E-state index contributed by atoms with van der Waals surface area (Å²) in [6, 6.07) is 17.5. The second kappa shape index (κ2) is 12.6. The number of hydrogen-bond donors (Lipinski definition) is 0. The van der Waals surface area contributed by atoms with Crippen LogP contribution in [0, 0.1) is 10.1 Å². The fourth-order valence-corrected chi connectivity index (χ4v) is 5.89. The van der Waals surface area contributed by atoms with Crippen LogP contribution >= 0.6 is 22.9 Å². The zero-order chi connectivity index (χ0) is 30.7. The molecule has 1 aliphatic heterocycles. The number of rotatable bonds is 9. The molecule has 0 radical (unpaired) electrons. The highest BCUT2D eigenvalue weighted by Gasteiger charge is 2.33. The molecule has 0 saturated carbocycles. The van der Waals surface area contributed by atoms with Gasteiger partial charge in [-0.15, -0.1) is 0 Å². The van der Waals surface area contributed by atoms with E-state index in [0.29, 0.717) is 42.7 Å². The van der Waals surface area contributed by atoms with Gasteiger partial charge in [-0.05, 0) is 61.4 Å². The molecule has 4 aromatic rings. The summed E-state index contributed by atoms with van der Waals surface area (Å²) in [7, 11) is 1.53. The average Bonchev–Trinajstić information content (AvgIpc) is 3.30. The van der Waals surface area contributed by atoms with E-state index in [1.165, 1.54) is 35.9 Å². The van der Waals surface area contributed by atoms with Gasteiger partial charge in [0.05, 0.1) is 40.5 Å². The number of hydrogen-bond acceptors (Lipinski definition) is 9. The first-order valence-corrected chi connectivity index (χ1v) is 14.4. The number of benzene rings is 3. The number of esters is 1. The van der Waals surface area contributed by atoms with Gasteiger partial charge in [-0.25, -0.2) is 9.79 Å². The Kier molecular flexibility index (Phi) is 8.74. The Balaban J connectivity index is 1.63. The van der Waals surface area contributed by atoms with Gasteiger partial charge in [0.25, 0.3) is 11.2 Å². The highest BCUT2D eigenvalue weighted by atomic mass is 35.5. The molecule has 2 heterocycles. The minimum absolute atomic E-state index is 0.112. The minimum atomic E-state index is -0.899. The Morgan fingerprint density at radius 3 is 2.51 bits per heavy atom. The van der Waals surface area contributed by atoms with Crippen LogP contribution in [0.3, 0.4) is 0 Å². The van der Waals surface area contributed by atoms with Crippen molar-refractivity contribution in [1.29, 1.82) is 0 Å². The SMILES string of the molecule is CCOC(=O)C1=C(C)N=c2s/c(=C/c3cccc(OC)c3OCc3ccc(Cl)cc3)c(=O)n2[C@@H]1c1ccc([N+](=O)[O-])cc1. The number of carbonyl (C=O) groups is 1. The highest BCUT2D eigenvalue weighted by Crippen LogP contribution is 2.34. The first kappa shape index (κ1) is 29.7. The Morgan fingerprint density at radius 2 is 1.86 bits per heavy atom. The fourth-order valence-electron chi connectivity index (χ4n) is 4.72. The molecule has 0 spiro atoms. The van der Waals surface area contributed by atoms with Crippen molar-refractivity contribution < 1.29 is 23.9 Å². The monoisotopic (exact) mass is 619 g/mol. The second-order valence-corrected chi connectivity index (χ2v) is 10.9. The highest BCUT2D eigenvalue weighted by molar-refractivity contribution is 7.07. The summed E-state index contributed by atoms with van der Waals surface area (Å²) in [6.45, 7) is 3.72. The molecule has 5 rings (SSSR count).